The molecule has 0 spiro atoms. The van der Waals surface area contributed by atoms with Gasteiger partial charge in [-0.25, -0.2) is 9.79 Å². The second-order valence-corrected chi connectivity index (χ2v) is 10.7. The maximum absolute atomic E-state index is 13.9. The molecule has 0 amide bonds. The fourth-order valence-corrected chi connectivity index (χ4v) is 6.12. The van der Waals surface area contributed by atoms with Gasteiger partial charge in [-0.1, -0.05) is 35.1 Å². The molecular formula is C30H28ClN3O4S. The summed E-state index contributed by atoms with van der Waals surface area (Å²) in [6.45, 7) is 7.80. The van der Waals surface area contributed by atoms with Crippen molar-refractivity contribution in [2.24, 2.45) is 4.99 Å². The molecule has 9 heteroatoms. The first-order valence-electron chi connectivity index (χ1n) is 12.5. The van der Waals surface area contributed by atoms with Gasteiger partial charge in [0.05, 0.1) is 35.6 Å². The summed E-state index contributed by atoms with van der Waals surface area (Å²) in [6.07, 6.45) is 1.90. The number of aromatic nitrogens is 2. The van der Waals surface area contributed by atoms with Gasteiger partial charge in [0.1, 0.15) is 5.75 Å². The highest BCUT2D eigenvalue weighted by Crippen LogP contribution is 2.31. The van der Waals surface area contributed by atoms with Gasteiger partial charge in [-0.05, 0) is 87.4 Å². The van der Waals surface area contributed by atoms with Crippen LogP contribution < -0.4 is 19.6 Å². The van der Waals surface area contributed by atoms with Crippen molar-refractivity contribution in [2.75, 3.05) is 13.7 Å². The van der Waals surface area contributed by atoms with Crippen LogP contribution in [0.5, 0.6) is 5.75 Å². The molecule has 3 heterocycles. The number of rotatable bonds is 6. The van der Waals surface area contributed by atoms with Gasteiger partial charge in [0.25, 0.3) is 5.56 Å². The van der Waals surface area contributed by atoms with Crippen LogP contribution in [0.3, 0.4) is 0 Å². The van der Waals surface area contributed by atoms with Crippen molar-refractivity contribution >= 4 is 35.0 Å². The molecule has 7 nitrogen and oxygen atoms in total. The molecule has 0 N–H and O–H groups in total. The number of thiazole rings is 1. The zero-order valence-corrected chi connectivity index (χ0v) is 23.9. The van der Waals surface area contributed by atoms with Crippen LogP contribution in [0.1, 0.15) is 42.4 Å². The van der Waals surface area contributed by atoms with Crippen LogP contribution in [-0.2, 0) is 9.53 Å². The first-order valence-corrected chi connectivity index (χ1v) is 13.7. The van der Waals surface area contributed by atoms with Gasteiger partial charge in [0, 0.05) is 22.1 Å². The number of carbonyl (C=O) groups is 1. The van der Waals surface area contributed by atoms with Crippen LogP contribution in [0.15, 0.2) is 75.7 Å². The molecule has 4 aromatic rings. The fraction of sp³-hybridized carbons (Fsp3) is 0.233. The van der Waals surface area contributed by atoms with E-state index in [-0.39, 0.29) is 12.2 Å². The summed E-state index contributed by atoms with van der Waals surface area (Å²) in [6, 6.07) is 16.4. The lowest BCUT2D eigenvalue weighted by Gasteiger charge is -2.24. The van der Waals surface area contributed by atoms with Crippen LogP contribution in [0.4, 0.5) is 0 Å². The highest BCUT2D eigenvalue weighted by molar-refractivity contribution is 7.07. The van der Waals surface area contributed by atoms with Crippen LogP contribution in [0.25, 0.3) is 11.8 Å². The van der Waals surface area contributed by atoms with E-state index in [1.54, 1.807) is 25.5 Å². The average molecular weight is 562 g/mol. The predicted molar refractivity (Wildman–Crippen MR) is 154 cm³/mol. The highest BCUT2D eigenvalue weighted by atomic mass is 35.5. The third kappa shape index (κ3) is 4.86. The Hall–Kier alpha value is -3.88. The topological polar surface area (TPSA) is 74.8 Å². The minimum atomic E-state index is -0.671. The van der Waals surface area contributed by atoms with E-state index in [9.17, 15) is 9.59 Å². The van der Waals surface area contributed by atoms with E-state index in [1.165, 1.54) is 11.3 Å². The number of carbonyl (C=O) groups excluding carboxylic acids is 1. The Bertz CT molecular complexity index is 1780. The Kier molecular flexibility index (Phi) is 7.34. The predicted octanol–water partition coefficient (Wildman–Crippen LogP) is 4.87. The minimum Gasteiger partial charge on any atom is -0.497 e. The summed E-state index contributed by atoms with van der Waals surface area (Å²) >= 11 is 7.39. The lowest BCUT2D eigenvalue weighted by Crippen LogP contribution is -2.39. The first kappa shape index (κ1) is 26.7. The van der Waals surface area contributed by atoms with Crippen molar-refractivity contribution in [3.63, 3.8) is 0 Å². The molecule has 0 aliphatic carbocycles. The maximum atomic E-state index is 13.9. The van der Waals surface area contributed by atoms with Gasteiger partial charge in [0.15, 0.2) is 4.80 Å². The molecule has 2 aromatic carbocycles. The van der Waals surface area contributed by atoms with Crippen LogP contribution in [0, 0.1) is 13.8 Å². The standard InChI is InChI=1S/C30H28ClN3O4S/c1-6-38-29(36)26-18(3)32-30-34(27(26)20-7-13-24(37-5)14-8-20)28(35)25(39-30)16-21-15-17(2)33(19(21)4)23-11-9-22(31)10-12-23/h7-16,27H,6H2,1-5H3/b25-16+. The molecule has 39 heavy (non-hydrogen) atoms. The summed E-state index contributed by atoms with van der Waals surface area (Å²) < 4.78 is 14.9. The van der Waals surface area contributed by atoms with Gasteiger partial charge in [-0.2, -0.15) is 0 Å². The van der Waals surface area contributed by atoms with Crippen molar-refractivity contribution in [1.82, 2.24) is 9.13 Å². The molecule has 0 radical (unpaired) electrons. The summed E-state index contributed by atoms with van der Waals surface area (Å²) in [5.74, 6) is 0.195. The molecule has 2 aromatic heterocycles. The SMILES string of the molecule is CCOC(=O)C1=C(C)N=c2s/c(=C/c3cc(C)n(-c4ccc(Cl)cc4)c3C)c(=O)n2C1c1ccc(OC)cc1. The van der Waals surface area contributed by atoms with Crippen LogP contribution >= 0.6 is 22.9 Å². The molecule has 1 aliphatic rings. The number of allylic oxidation sites excluding steroid dienone is 1. The van der Waals surface area contributed by atoms with Crippen molar-refractivity contribution in [3.05, 3.63) is 113 Å². The average Bonchev–Trinajstić information content (AvgIpc) is 3.38. The Balaban J connectivity index is 1.68. The van der Waals surface area contributed by atoms with Crippen molar-refractivity contribution < 1.29 is 14.3 Å². The van der Waals surface area contributed by atoms with Gasteiger partial charge < -0.3 is 14.0 Å². The summed E-state index contributed by atoms with van der Waals surface area (Å²) in [7, 11) is 1.59. The lowest BCUT2D eigenvalue weighted by atomic mass is 9.96. The van der Waals surface area contributed by atoms with E-state index in [2.05, 4.69) is 15.6 Å². The van der Waals surface area contributed by atoms with Crippen molar-refractivity contribution in [3.8, 4) is 11.4 Å². The monoisotopic (exact) mass is 561 g/mol. The number of ether oxygens (including phenoxy) is 2. The molecule has 0 fully saturated rings. The van der Waals surface area contributed by atoms with Gasteiger partial charge in [-0.15, -0.1) is 0 Å². The number of hydrogen-bond donors (Lipinski definition) is 0. The molecule has 1 atom stereocenters. The summed E-state index contributed by atoms with van der Waals surface area (Å²) in [5, 5.41) is 0.673. The Morgan fingerprint density at radius 3 is 2.44 bits per heavy atom. The molecule has 1 aliphatic heterocycles. The number of nitrogens with zero attached hydrogens (tertiary/aromatic N) is 3. The normalized spacial score (nSPS) is 15.2. The van der Waals surface area contributed by atoms with Gasteiger partial charge in [0.2, 0.25) is 0 Å². The highest BCUT2D eigenvalue weighted by Gasteiger charge is 2.33. The van der Waals surface area contributed by atoms with E-state index < -0.39 is 12.0 Å². The zero-order valence-electron chi connectivity index (χ0n) is 22.3. The molecular weight excluding hydrogens is 534 g/mol. The first-order chi connectivity index (χ1) is 18.7. The lowest BCUT2D eigenvalue weighted by molar-refractivity contribution is -0.139. The fourth-order valence-electron chi connectivity index (χ4n) is 4.96. The number of fused-ring (bicyclic) bond motifs is 1. The second kappa shape index (κ2) is 10.7. The van der Waals surface area contributed by atoms with Crippen molar-refractivity contribution in [1.29, 1.82) is 0 Å². The Morgan fingerprint density at radius 1 is 1.10 bits per heavy atom. The Labute approximate surface area is 234 Å². The summed E-state index contributed by atoms with van der Waals surface area (Å²) in [5.41, 5.74) is 5.37. The van der Waals surface area contributed by atoms with E-state index in [4.69, 9.17) is 21.1 Å². The molecule has 1 unspecified atom stereocenters. The number of esters is 1. The Morgan fingerprint density at radius 2 is 1.79 bits per heavy atom. The number of aryl methyl sites for hydroxylation is 1. The van der Waals surface area contributed by atoms with Crippen LogP contribution in [-0.4, -0.2) is 28.8 Å². The number of hydrogen-bond acceptors (Lipinski definition) is 6. The number of methoxy groups -OCH3 is 1. The maximum Gasteiger partial charge on any atom is 0.338 e. The van der Waals surface area contributed by atoms with Crippen LogP contribution in [0.2, 0.25) is 5.02 Å². The largest absolute Gasteiger partial charge is 0.497 e. The molecule has 0 bridgehead atoms. The molecule has 200 valence electrons. The third-order valence-corrected chi connectivity index (χ3v) is 8.03. The van der Waals surface area contributed by atoms with E-state index in [0.29, 0.717) is 31.4 Å². The van der Waals surface area contributed by atoms with Crippen molar-refractivity contribution in [2.45, 2.75) is 33.7 Å². The molecule has 0 saturated heterocycles. The minimum absolute atomic E-state index is 0.217. The van der Waals surface area contributed by atoms with E-state index in [0.717, 1.165) is 28.2 Å². The smallest absolute Gasteiger partial charge is 0.338 e. The molecule has 5 rings (SSSR count). The van der Waals surface area contributed by atoms with E-state index >= 15 is 0 Å². The number of benzene rings is 2. The van der Waals surface area contributed by atoms with Gasteiger partial charge >= 0.3 is 5.97 Å². The zero-order chi connectivity index (χ0) is 27.8. The van der Waals surface area contributed by atoms with Gasteiger partial charge in [-0.3, -0.25) is 9.36 Å². The second-order valence-electron chi connectivity index (χ2n) is 9.21. The quantitative estimate of drug-likeness (QED) is 0.315. The van der Waals surface area contributed by atoms with E-state index in [1.807, 2.05) is 68.5 Å². The summed E-state index contributed by atoms with van der Waals surface area (Å²) in [4.78, 5) is 32.2. The number of halogens is 1. The third-order valence-electron chi connectivity index (χ3n) is 6.79. The molecule has 0 saturated carbocycles.